The molecule has 1 heterocycles. The van der Waals surface area contributed by atoms with E-state index in [4.69, 9.17) is 10.5 Å². The van der Waals surface area contributed by atoms with E-state index in [2.05, 4.69) is 4.98 Å². The van der Waals surface area contributed by atoms with E-state index in [1.807, 2.05) is 13.8 Å². The molecule has 0 aliphatic carbocycles. The minimum absolute atomic E-state index is 0.346. The zero-order valence-electron chi connectivity index (χ0n) is 10.5. The highest BCUT2D eigenvalue weighted by Crippen LogP contribution is 2.34. The monoisotopic (exact) mass is 266 g/mol. The van der Waals surface area contributed by atoms with Crippen molar-refractivity contribution in [1.29, 1.82) is 0 Å². The maximum atomic E-state index is 13.9. The van der Waals surface area contributed by atoms with E-state index in [0.29, 0.717) is 17.0 Å². The van der Waals surface area contributed by atoms with Crippen molar-refractivity contribution in [2.24, 2.45) is 5.73 Å². The average Bonchev–Trinajstić information content (AvgIpc) is 2.77. The van der Waals surface area contributed by atoms with Gasteiger partial charge in [0.25, 0.3) is 0 Å². The molecule has 5 heteroatoms. The summed E-state index contributed by atoms with van der Waals surface area (Å²) in [5.74, 6) is 0.128. The molecule has 2 aromatic rings. The number of hydrogen-bond acceptors (Lipinski definition) is 4. The molecule has 0 aliphatic rings. The number of hydrogen-bond donors (Lipinski definition) is 1. The number of halogens is 1. The number of ether oxygens (including phenoxy) is 1. The van der Waals surface area contributed by atoms with Crippen molar-refractivity contribution in [2.45, 2.75) is 19.4 Å². The van der Waals surface area contributed by atoms with Gasteiger partial charge < -0.3 is 10.5 Å². The maximum absolute atomic E-state index is 13.9. The maximum Gasteiger partial charge on any atom is 0.136 e. The largest absolute Gasteiger partial charge is 0.496 e. The highest BCUT2D eigenvalue weighted by atomic mass is 32.1. The lowest BCUT2D eigenvalue weighted by Crippen LogP contribution is -2.28. The predicted octanol–water partition coefficient (Wildman–Crippen LogP) is 3.15. The minimum Gasteiger partial charge on any atom is -0.496 e. The third kappa shape index (κ3) is 2.37. The number of nitrogens with two attached hydrogens (primary N) is 1. The minimum atomic E-state index is -0.526. The molecule has 0 bridgehead atoms. The molecule has 0 fully saturated rings. The Kier molecular flexibility index (Phi) is 3.36. The van der Waals surface area contributed by atoms with Crippen LogP contribution in [-0.4, -0.2) is 12.1 Å². The Bertz CT molecular complexity index is 560. The van der Waals surface area contributed by atoms with Gasteiger partial charge in [-0.3, -0.25) is 0 Å². The van der Waals surface area contributed by atoms with E-state index in [1.165, 1.54) is 24.5 Å². The van der Waals surface area contributed by atoms with E-state index >= 15 is 0 Å². The van der Waals surface area contributed by atoms with Crippen LogP contribution in [0.4, 0.5) is 4.39 Å². The second-order valence-corrected chi connectivity index (χ2v) is 5.43. The van der Waals surface area contributed by atoms with E-state index in [0.717, 1.165) is 5.01 Å². The van der Waals surface area contributed by atoms with Crippen LogP contribution >= 0.6 is 11.3 Å². The molecule has 0 saturated heterocycles. The molecular weight excluding hydrogens is 251 g/mol. The van der Waals surface area contributed by atoms with Crippen LogP contribution < -0.4 is 10.5 Å². The molecule has 2 N–H and O–H groups in total. The van der Waals surface area contributed by atoms with Gasteiger partial charge in [0.1, 0.15) is 16.6 Å². The summed E-state index contributed by atoms with van der Waals surface area (Å²) in [5, 5.41) is 2.56. The van der Waals surface area contributed by atoms with Crippen molar-refractivity contribution >= 4 is 11.3 Å². The summed E-state index contributed by atoms with van der Waals surface area (Å²) < 4.78 is 19.1. The zero-order valence-corrected chi connectivity index (χ0v) is 11.3. The molecule has 3 nitrogen and oxygen atoms in total. The Morgan fingerprint density at radius 1 is 1.39 bits per heavy atom. The highest BCUT2D eigenvalue weighted by molar-refractivity contribution is 7.10. The second kappa shape index (κ2) is 4.66. The fourth-order valence-corrected chi connectivity index (χ4v) is 2.46. The predicted molar refractivity (Wildman–Crippen MR) is 71.3 cm³/mol. The third-order valence-electron chi connectivity index (χ3n) is 2.51. The molecule has 0 aliphatic heterocycles. The van der Waals surface area contributed by atoms with Crippen LogP contribution in [-0.2, 0) is 5.54 Å². The van der Waals surface area contributed by atoms with Crippen molar-refractivity contribution in [1.82, 2.24) is 4.98 Å². The molecule has 0 radical (unpaired) electrons. The van der Waals surface area contributed by atoms with Gasteiger partial charge in [0.05, 0.1) is 23.9 Å². The van der Waals surface area contributed by atoms with Crippen LogP contribution in [0, 0.1) is 5.82 Å². The Labute approximate surface area is 109 Å². The van der Waals surface area contributed by atoms with Crippen LogP contribution in [0.5, 0.6) is 5.75 Å². The first-order chi connectivity index (χ1) is 8.43. The van der Waals surface area contributed by atoms with Crippen molar-refractivity contribution < 1.29 is 9.13 Å². The van der Waals surface area contributed by atoms with Gasteiger partial charge in [0, 0.05) is 5.38 Å². The molecule has 18 heavy (non-hydrogen) atoms. The average molecular weight is 266 g/mol. The second-order valence-electron chi connectivity index (χ2n) is 4.58. The molecule has 0 atom stereocenters. The number of methoxy groups -OCH3 is 1. The number of nitrogens with zero attached hydrogens (tertiary/aromatic N) is 1. The summed E-state index contributed by atoms with van der Waals surface area (Å²) in [6, 6.07) is 4.72. The fraction of sp³-hybridized carbons (Fsp3) is 0.308. The van der Waals surface area contributed by atoms with Crippen molar-refractivity contribution in [3.63, 3.8) is 0 Å². The molecule has 0 spiro atoms. The summed E-state index contributed by atoms with van der Waals surface area (Å²) >= 11 is 1.42. The van der Waals surface area contributed by atoms with E-state index in [9.17, 15) is 4.39 Å². The molecule has 0 saturated carbocycles. The first-order valence-corrected chi connectivity index (χ1v) is 6.39. The van der Waals surface area contributed by atoms with Gasteiger partial charge in [-0.2, -0.15) is 0 Å². The molecule has 2 rings (SSSR count). The van der Waals surface area contributed by atoms with Crippen LogP contribution in [0.2, 0.25) is 0 Å². The van der Waals surface area contributed by atoms with Crippen LogP contribution in [0.25, 0.3) is 11.3 Å². The Morgan fingerprint density at radius 3 is 2.67 bits per heavy atom. The lowest BCUT2D eigenvalue weighted by atomic mass is 10.1. The summed E-state index contributed by atoms with van der Waals surface area (Å²) in [7, 11) is 1.51. The first kappa shape index (κ1) is 13.0. The van der Waals surface area contributed by atoms with E-state index in [1.54, 1.807) is 17.5 Å². The van der Waals surface area contributed by atoms with Crippen LogP contribution in [0.3, 0.4) is 0 Å². The quantitative estimate of drug-likeness (QED) is 0.928. The van der Waals surface area contributed by atoms with Gasteiger partial charge in [-0.1, -0.05) is 6.07 Å². The fourth-order valence-electron chi connectivity index (χ4n) is 1.61. The van der Waals surface area contributed by atoms with Crippen LogP contribution in [0.15, 0.2) is 23.6 Å². The molecule has 0 unspecified atom stereocenters. The Morgan fingerprint density at radius 2 is 2.11 bits per heavy atom. The number of aromatic nitrogens is 1. The van der Waals surface area contributed by atoms with Crippen LogP contribution in [0.1, 0.15) is 18.9 Å². The van der Waals surface area contributed by atoms with Gasteiger partial charge in [0.2, 0.25) is 0 Å². The van der Waals surface area contributed by atoms with Gasteiger partial charge in [-0.25, -0.2) is 9.37 Å². The van der Waals surface area contributed by atoms with Gasteiger partial charge in [-0.05, 0) is 26.0 Å². The standard InChI is InChI=1S/C13H15FN2OS/c1-13(2,15)12-16-9(7-18-12)11-8(14)5-4-6-10(11)17-3/h4-7H,15H2,1-3H3. The SMILES string of the molecule is COc1cccc(F)c1-c1csc(C(C)(C)N)n1. The summed E-state index contributed by atoms with van der Waals surface area (Å²) in [4.78, 5) is 4.39. The molecule has 0 amide bonds. The topological polar surface area (TPSA) is 48.1 Å². The Balaban J connectivity index is 2.53. The highest BCUT2D eigenvalue weighted by Gasteiger charge is 2.21. The number of rotatable bonds is 3. The summed E-state index contributed by atoms with van der Waals surface area (Å²) in [6.45, 7) is 3.74. The zero-order chi connectivity index (χ0) is 13.3. The Hall–Kier alpha value is -1.46. The third-order valence-corrected chi connectivity index (χ3v) is 3.69. The van der Waals surface area contributed by atoms with Gasteiger partial charge in [0.15, 0.2) is 0 Å². The molecule has 1 aromatic heterocycles. The lowest BCUT2D eigenvalue weighted by molar-refractivity contribution is 0.413. The summed E-state index contributed by atoms with van der Waals surface area (Å²) in [5.41, 5.74) is 6.39. The van der Waals surface area contributed by atoms with E-state index < -0.39 is 5.54 Å². The molecule has 1 aromatic carbocycles. The normalized spacial score (nSPS) is 11.6. The lowest BCUT2D eigenvalue weighted by Gasteiger charge is -2.14. The van der Waals surface area contributed by atoms with Crippen molar-refractivity contribution in [3.8, 4) is 17.0 Å². The van der Waals surface area contributed by atoms with Gasteiger partial charge in [-0.15, -0.1) is 11.3 Å². The number of thiazole rings is 1. The first-order valence-electron chi connectivity index (χ1n) is 5.51. The molecule has 96 valence electrons. The number of benzene rings is 1. The van der Waals surface area contributed by atoms with E-state index in [-0.39, 0.29) is 5.82 Å². The van der Waals surface area contributed by atoms with Crippen molar-refractivity contribution in [2.75, 3.05) is 7.11 Å². The summed E-state index contributed by atoms with van der Waals surface area (Å²) in [6.07, 6.45) is 0. The van der Waals surface area contributed by atoms with Crippen molar-refractivity contribution in [3.05, 3.63) is 34.4 Å². The molecular formula is C13H15FN2OS. The van der Waals surface area contributed by atoms with Gasteiger partial charge >= 0.3 is 0 Å². The smallest absolute Gasteiger partial charge is 0.136 e.